The third-order valence-corrected chi connectivity index (χ3v) is 4.98. The fourth-order valence-corrected chi connectivity index (χ4v) is 3.30. The molecule has 0 aliphatic carbocycles. The number of nitrogens with one attached hydrogen (secondary N) is 1. The minimum absolute atomic E-state index is 0.181. The molecule has 6 heteroatoms. The van der Waals surface area contributed by atoms with E-state index in [1.54, 1.807) is 50.5 Å². The average molecular weight is 467 g/mol. The molecule has 0 atom stereocenters. The van der Waals surface area contributed by atoms with Gasteiger partial charge in [-0.05, 0) is 35.9 Å². The minimum atomic E-state index is -0.343. The predicted molar refractivity (Wildman–Crippen MR) is 122 cm³/mol. The summed E-state index contributed by atoms with van der Waals surface area (Å²) in [5.74, 6) is -0.0347. The molecule has 0 spiro atoms. The summed E-state index contributed by atoms with van der Waals surface area (Å²) < 4.78 is 6.68. The van der Waals surface area contributed by atoms with Crippen LogP contribution in [0.15, 0.2) is 77.3 Å². The quantitative estimate of drug-likeness (QED) is 0.531. The highest BCUT2D eigenvalue weighted by atomic mass is 79.9. The van der Waals surface area contributed by atoms with E-state index in [-0.39, 0.29) is 11.8 Å². The van der Waals surface area contributed by atoms with Crippen LogP contribution in [0.4, 0.5) is 5.69 Å². The van der Waals surface area contributed by atoms with Crippen LogP contribution < -0.4 is 10.1 Å². The van der Waals surface area contributed by atoms with Gasteiger partial charge in [-0.1, -0.05) is 58.4 Å². The van der Waals surface area contributed by atoms with Crippen LogP contribution in [0.1, 0.15) is 26.3 Å². The Morgan fingerprint density at radius 3 is 2.37 bits per heavy atom. The number of carbonyl (C=O) groups is 2. The molecule has 0 aliphatic heterocycles. The Morgan fingerprint density at radius 1 is 0.933 bits per heavy atom. The zero-order valence-electron chi connectivity index (χ0n) is 16.9. The molecular formula is C24H23BrN2O3. The van der Waals surface area contributed by atoms with Crippen molar-refractivity contribution in [2.75, 3.05) is 26.0 Å². The molecule has 3 aromatic rings. The fourth-order valence-electron chi connectivity index (χ4n) is 2.94. The maximum Gasteiger partial charge on any atom is 0.259 e. The van der Waals surface area contributed by atoms with Gasteiger partial charge in [0.1, 0.15) is 5.75 Å². The molecule has 0 heterocycles. The van der Waals surface area contributed by atoms with Gasteiger partial charge in [-0.2, -0.15) is 0 Å². The summed E-state index contributed by atoms with van der Waals surface area (Å²) in [6.07, 6.45) is 0.734. The van der Waals surface area contributed by atoms with E-state index >= 15 is 0 Å². The molecule has 2 amide bonds. The molecule has 0 saturated heterocycles. The number of ether oxygens (including phenoxy) is 1. The van der Waals surface area contributed by atoms with E-state index in [0.717, 1.165) is 16.5 Å². The van der Waals surface area contributed by atoms with Crippen molar-refractivity contribution in [3.8, 4) is 5.75 Å². The molecule has 0 aliphatic rings. The largest absolute Gasteiger partial charge is 0.492 e. The molecule has 3 rings (SSSR count). The molecule has 0 bridgehead atoms. The fraction of sp³-hybridized carbons (Fsp3) is 0.167. The Kier molecular flexibility index (Phi) is 7.25. The van der Waals surface area contributed by atoms with Crippen molar-refractivity contribution in [1.82, 2.24) is 4.90 Å². The number of para-hydroxylation sites is 1. The van der Waals surface area contributed by atoms with Crippen LogP contribution in [0.2, 0.25) is 0 Å². The number of carbonyl (C=O) groups excluding carboxylic acids is 2. The van der Waals surface area contributed by atoms with E-state index in [2.05, 4.69) is 21.2 Å². The third kappa shape index (κ3) is 5.48. The Morgan fingerprint density at radius 2 is 1.63 bits per heavy atom. The van der Waals surface area contributed by atoms with Crippen molar-refractivity contribution < 1.29 is 14.3 Å². The predicted octanol–water partition coefficient (Wildman–Crippen LogP) is 5.02. The minimum Gasteiger partial charge on any atom is -0.492 e. The maximum atomic E-state index is 13.0. The van der Waals surface area contributed by atoms with E-state index in [9.17, 15) is 9.59 Å². The molecule has 0 saturated carbocycles. The van der Waals surface area contributed by atoms with Gasteiger partial charge in [0, 0.05) is 25.0 Å². The number of nitrogens with zero attached hydrogens (tertiary/aromatic N) is 1. The molecule has 3 aromatic carbocycles. The lowest BCUT2D eigenvalue weighted by molar-refractivity contribution is 0.0828. The van der Waals surface area contributed by atoms with Crippen molar-refractivity contribution in [3.63, 3.8) is 0 Å². The van der Waals surface area contributed by atoms with Gasteiger partial charge in [0.05, 0.1) is 23.4 Å². The first-order chi connectivity index (χ1) is 14.5. The monoisotopic (exact) mass is 466 g/mol. The van der Waals surface area contributed by atoms with Gasteiger partial charge >= 0.3 is 0 Å². The second-order valence-electron chi connectivity index (χ2n) is 6.92. The molecule has 5 nitrogen and oxygen atoms in total. The van der Waals surface area contributed by atoms with Gasteiger partial charge < -0.3 is 15.0 Å². The lowest BCUT2D eigenvalue weighted by atomic mass is 10.1. The van der Waals surface area contributed by atoms with E-state index in [4.69, 9.17) is 4.74 Å². The molecule has 0 aromatic heterocycles. The van der Waals surface area contributed by atoms with Crippen LogP contribution in [0.25, 0.3) is 0 Å². The molecular weight excluding hydrogens is 444 g/mol. The van der Waals surface area contributed by atoms with Crippen LogP contribution in [-0.2, 0) is 6.42 Å². The number of amides is 2. The number of halogens is 1. The highest BCUT2D eigenvalue weighted by Gasteiger charge is 2.18. The SMILES string of the molecule is CN(C)C(=O)c1ccccc1NC(=O)c1cc(Br)ccc1OCCc1ccccc1. The second kappa shape index (κ2) is 10.1. The van der Waals surface area contributed by atoms with Gasteiger partial charge in [0.15, 0.2) is 0 Å². The van der Waals surface area contributed by atoms with Crippen LogP contribution in [0.3, 0.4) is 0 Å². The summed E-state index contributed by atoms with van der Waals surface area (Å²) >= 11 is 3.42. The Bertz CT molecular complexity index is 1040. The van der Waals surface area contributed by atoms with Crippen molar-refractivity contribution in [1.29, 1.82) is 0 Å². The zero-order chi connectivity index (χ0) is 21.5. The lowest BCUT2D eigenvalue weighted by Gasteiger charge is -2.16. The van der Waals surface area contributed by atoms with Crippen molar-refractivity contribution in [2.24, 2.45) is 0 Å². The van der Waals surface area contributed by atoms with Crippen molar-refractivity contribution in [3.05, 3.63) is 94.0 Å². The van der Waals surface area contributed by atoms with E-state index in [1.165, 1.54) is 4.90 Å². The summed E-state index contributed by atoms with van der Waals surface area (Å²) in [5.41, 5.74) is 2.44. The van der Waals surface area contributed by atoms with E-state index in [1.807, 2.05) is 36.4 Å². The van der Waals surface area contributed by atoms with E-state index in [0.29, 0.717) is 29.2 Å². The Labute approximate surface area is 184 Å². The first-order valence-electron chi connectivity index (χ1n) is 9.54. The highest BCUT2D eigenvalue weighted by Crippen LogP contribution is 2.26. The first-order valence-corrected chi connectivity index (χ1v) is 10.3. The van der Waals surface area contributed by atoms with Crippen LogP contribution in [0, 0.1) is 0 Å². The van der Waals surface area contributed by atoms with E-state index < -0.39 is 0 Å². The standard InChI is InChI=1S/C24H23BrN2O3/c1-27(2)24(29)19-10-6-7-11-21(19)26-23(28)20-16-18(25)12-13-22(20)30-15-14-17-8-4-3-5-9-17/h3-13,16H,14-15H2,1-2H3,(H,26,28). The summed E-state index contributed by atoms with van der Waals surface area (Å²) in [4.78, 5) is 26.9. The number of hydrogen-bond acceptors (Lipinski definition) is 3. The third-order valence-electron chi connectivity index (χ3n) is 4.49. The van der Waals surface area contributed by atoms with Crippen LogP contribution >= 0.6 is 15.9 Å². The molecule has 30 heavy (non-hydrogen) atoms. The first kappa shape index (κ1) is 21.6. The van der Waals surface area contributed by atoms with Gasteiger partial charge in [0.2, 0.25) is 0 Å². The van der Waals surface area contributed by atoms with Gasteiger partial charge in [-0.25, -0.2) is 0 Å². The Hall–Kier alpha value is -3.12. The lowest BCUT2D eigenvalue weighted by Crippen LogP contribution is -2.24. The summed E-state index contributed by atoms with van der Waals surface area (Å²) in [6, 6.07) is 22.3. The average Bonchev–Trinajstić information content (AvgIpc) is 2.75. The molecule has 0 unspecified atom stereocenters. The summed E-state index contributed by atoms with van der Waals surface area (Å²) in [5, 5.41) is 2.85. The number of anilines is 1. The maximum absolute atomic E-state index is 13.0. The zero-order valence-corrected chi connectivity index (χ0v) is 18.5. The normalized spacial score (nSPS) is 10.4. The van der Waals surface area contributed by atoms with Crippen molar-refractivity contribution >= 4 is 33.4 Å². The van der Waals surface area contributed by atoms with Crippen LogP contribution in [-0.4, -0.2) is 37.4 Å². The second-order valence-corrected chi connectivity index (χ2v) is 7.84. The summed E-state index contributed by atoms with van der Waals surface area (Å²) in [7, 11) is 3.35. The summed E-state index contributed by atoms with van der Waals surface area (Å²) in [6.45, 7) is 0.446. The van der Waals surface area contributed by atoms with Gasteiger partial charge in [-0.3, -0.25) is 9.59 Å². The number of hydrogen-bond donors (Lipinski definition) is 1. The van der Waals surface area contributed by atoms with Gasteiger partial charge in [0.25, 0.3) is 11.8 Å². The number of rotatable bonds is 7. The van der Waals surface area contributed by atoms with Crippen molar-refractivity contribution in [2.45, 2.75) is 6.42 Å². The molecule has 1 N–H and O–H groups in total. The Balaban J connectivity index is 1.78. The molecule has 0 fully saturated rings. The molecule has 0 radical (unpaired) electrons. The van der Waals surface area contributed by atoms with Gasteiger partial charge in [-0.15, -0.1) is 0 Å². The number of benzene rings is 3. The highest BCUT2D eigenvalue weighted by molar-refractivity contribution is 9.10. The smallest absolute Gasteiger partial charge is 0.259 e. The molecule has 154 valence electrons. The topological polar surface area (TPSA) is 58.6 Å². The van der Waals surface area contributed by atoms with Crippen LogP contribution in [0.5, 0.6) is 5.75 Å².